The van der Waals surface area contributed by atoms with Crippen LogP contribution in [0.5, 0.6) is 0 Å². The molecular formula is C11H17FN2O3S. The van der Waals surface area contributed by atoms with E-state index in [1.165, 1.54) is 20.1 Å². The highest BCUT2D eigenvalue weighted by atomic mass is 32.2. The lowest BCUT2D eigenvalue weighted by molar-refractivity contribution is 0.122. The van der Waals surface area contributed by atoms with Crippen molar-refractivity contribution in [3.05, 3.63) is 23.5 Å². The van der Waals surface area contributed by atoms with E-state index >= 15 is 0 Å². The smallest absolute Gasteiger partial charge is 0.243 e. The molecule has 0 aliphatic heterocycles. The summed E-state index contributed by atoms with van der Waals surface area (Å²) in [6.45, 7) is 3.22. The van der Waals surface area contributed by atoms with Gasteiger partial charge in [-0.15, -0.1) is 0 Å². The summed E-state index contributed by atoms with van der Waals surface area (Å²) in [4.78, 5) is -0.441. The van der Waals surface area contributed by atoms with Gasteiger partial charge in [-0.2, -0.15) is 0 Å². The summed E-state index contributed by atoms with van der Waals surface area (Å²) in [5.41, 5.74) is 5.92. The number of methoxy groups -OCH3 is 1. The second kappa shape index (κ2) is 5.64. The number of hydrogen-bond donors (Lipinski definition) is 2. The summed E-state index contributed by atoms with van der Waals surface area (Å²) in [5, 5.41) is 0. The molecule has 0 amide bonds. The van der Waals surface area contributed by atoms with Crippen LogP contribution in [-0.4, -0.2) is 28.2 Å². The van der Waals surface area contributed by atoms with Crippen LogP contribution in [0.25, 0.3) is 0 Å². The van der Waals surface area contributed by atoms with Crippen molar-refractivity contribution in [1.29, 1.82) is 0 Å². The Morgan fingerprint density at radius 1 is 1.50 bits per heavy atom. The lowest BCUT2D eigenvalue weighted by Crippen LogP contribution is -2.32. The monoisotopic (exact) mass is 276 g/mol. The number of ether oxygens (including phenoxy) is 1. The maximum absolute atomic E-state index is 13.8. The quantitative estimate of drug-likeness (QED) is 0.787. The fraction of sp³-hybridized carbons (Fsp3) is 0.455. The van der Waals surface area contributed by atoms with Crippen LogP contribution in [0.4, 0.5) is 10.1 Å². The number of aryl methyl sites for hydroxylation is 1. The van der Waals surface area contributed by atoms with Crippen molar-refractivity contribution in [3.63, 3.8) is 0 Å². The number of halogens is 1. The number of nitrogens with one attached hydrogen (secondary N) is 1. The van der Waals surface area contributed by atoms with Crippen molar-refractivity contribution in [2.75, 3.05) is 19.4 Å². The summed E-state index contributed by atoms with van der Waals surface area (Å²) in [5.74, 6) is -0.790. The molecule has 1 aromatic carbocycles. The van der Waals surface area contributed by atoms with Crippen LogP contribution in [0.1, 0.15) is 12.5 Å². The van der Waals surface area contributed by atoms with Crippen molar-refractivity contribution in [2.45, 2.75) is 24.8 Å². The standard InChI is InChI=1S/C11H17FN2O3S/c1-7-4-9(13)5-10(11(7)12)18(15,16)14-6-8(2)17-3/h4-5,8,14H,6,13H2,1-3H3. The SMILES string of the molecule is COC(C)CNS(=O)(=O)c1cc(N)cc(C)c1F. The molecule has 0 fully saturated rings. The highest BCUT2D eigenvalue weighted by molar-refractivity contribution is 7.89. The van der Waals surface area contributed by atoms with Crippen molar-refractivity contribution in [2.24, 2.45) is 0 Å². The number of nitrogens with two attached hydrogens (primary N) is 1. The maximum atomic E-state index is 13.8. The van der Waals surface area contributed by atoms with Crippen molar-refractivity contribution >= 4 is 15.7 Å². The zero-order valence-corrected chi connectivity index (χ0v) is 11.3. The topological polar surface area (TPSA) is 81.4 Å². The van der Waals surface area contributed by atoms with E-state index in [-0.39, 0.29) is 23.9 Å². The Balaban J connectivity index is 3.05. The van der Waals surface area contributed by atoms with E-state index in [0.717, 1.165) is 6.07 Å². The molecule has 5 nitrogen and oxygen atoms in total. The van der Waals surface area contributed by atoms with Gasteiger partial charge in [0, 0.05) is 19.3 Å². The van der Waals surface area contributed by atoms with Crippen LogP contribution in [0, 0.1) is 12.7 Å². The molecule has 1 rings (SSSR count). The highest BCUT2D eigenvalue weighted by Gasteiger charge is 2.21. The first-order chi connectivity index (χ1) is 8.27. The summed E-state index contributed by atoms with van der Waals surface area (Å²) in [6, 6.07) is 2.48. The van der Waals surface area contributed by atoms with E-state index in [0.29, 0.717) is 0 Å². The third kappa shape index (κ3) is 3.41. The first-order valence-electron chi connectivity index (χ1n) is 5.36. The second-order valence-electron chi connectivity index (χ2n) is 4.05. The predicted octanol–water partition coefficient (Wildman–Crippen LogP) is 1.03. The van der Waals surface area contributed by atoms with Crippen LogP contribution < -0.4 is 10.5 Å². The fourth-order valence-corrected chi connectivity index (χ4v) is 2.65. The molecule has 1 unspecified atom stereocenters. The summed E-state index contributed by atoms with van der Waals surface area (Å²) >= 11 is 0. The molecule has 0 spiro atoms. The second-order valence-corrected chi connectivity index (χ2v) is 5.78. The average molecular weight is 276 g/mol. The molecule has 0 aliphatic carbocycles. The Morgan fingerprint density at radius 2 is 2.11 bits per heavy atom. The minimum atomic E-state index is -3.93. The van der Waals surface area contributed by atoms with Gasteiger partial charge in [0.2, 0.25) is 10.0 Å². The molecule has 0 aliphatic rings. The molecule has 0 saturated heterocycles. The average Bonchev–Trinajstić information content (AvgIpc) is 2.30. The number of hydrogen-bond acceptors (Lipinski definition) is 4. The molecule has 0 bridgehead atoms. The Morgan fingerprint density at radius 3 is 2.67 bits per heavy atom. The minimum Gasteiger partial charge on any atom is -0.399 e. The van der Waals surface area contributed by atoms with Gasteiger partial charge in [-0.1, -0.05) is 0 Å². The van der Waals surface area contributed by atoms with Gasteiger partial charge in [0.05, 0.1) is 6.10 Å². The first kappa shape index (κ1) is 14.9. The number of sulfonamides is 1. The van der Waals surface area contributed by atoms with Crippen LogP contribution in [0.15, 0.2) is 17.0 Å². The van der Waals surface area contributed by atoms with Crippen LogP contribution in [-0.2, 0) is 14.8 Å². The minimum absolute atomic E-state index is 0.0616. The Kier molecular flexibility index (Phi) is 4.66. The lowest BCUT2D eigenvalue weighted by atomic mass is 10.2. The van der Waals surface area contributed by atoms with Gasteiger partial charge in [-0.05, 0) is 31.5 Å². The highest BCUT2D eigenvalue weighted by Crippen LogP contribution is 2.21. The third-order valence-electron chi connectivity index (χ3n) is 2.50. The van der Waals surface area contributed by atoms with E-state index in [9.17, 15) is 12.8 Å². The van der Waals surface area contributed by atoms with Gasteiger partial charge in [-0.3, -0.25) is 0 Å². The number of nitrogen functional groups attached to an aromatic ring is 1. The number of rotatable bonds is 5. The molecule has 18 heavy (non-hydrogen) atoms. The molecule has 0 radical (unpaired) electrons. The molecule has 0 aromatic heterocycles. The Bertz CT molecular complexity index is 531. The largest absolute Gasteiger partial charge is 0.399 e. The number of benzene rings is 1. The van der Waals surface area contributed by atoms with Gasteiger partial charge in [0.15, 0.2) is 0 Å². The van der Waals surface area contributed by atoms with E-state index in [2.05, 4.69) is 4.72 Å². The van der Waals surface area contributed by atoms with Gasteiger partial charge < -0.3 is 10.5 Å². The van der Waals surface area contributed by atoms with Crippen molar-refractivity contribution in [1.82, 2.24) is 4.72 Å². The van der Waals surface area contributed by atoms with E-state index in [1.807, 2.05) is 0 Å². The Labute approximate surface area is 106 Å². The van der Waals surface area contributed by atoms with Gasteiger partial charge >= 0.3 is 0 Å². The zero-order valence-electron chi connectivity index (χ0n) is 10.5. The maximum Gasteiger partial charge on any atom is 0.243 e. The van der Waals surface area contributed by atoms with Crippen molar-refractivity contribution < 1.29 is 17.5 Å². The molecule has 1 atom stereocenters. The van der Waals surface area contributed by atoms with Crippen LogP contribution in [0.2, 0.25) is 0 Å². The van der Waals surface area contributed by atoms with Crippen molar-refractivity contribution in [3.8, 4) is 0 Å². The number of anilines is 1. The molecule has 3 N–H and O–H groups in total. The molecule has 0 saturated carbocycles. The molecule has 7 heteroatoms. The fourth-order valence-electron chi connectivity index (χ4n) is 1.35. The first-order valence-corrected chi connectivity index (χ1v) is 6.84. The predicted molar refractivity (Wildman–Crippen MR) is 67.2 cm³/mol. The van der Waals surface area contributed by atoms with E-state index < -0.39 is 20.7 Å². The van der Waals surface area contributed by atoms with E-state index in [4.69, 9.17) is 10.5 Å². The summed E-state index contributed by atoms with van der Waals surface area (Å²) in [6.07, 6.45) is -0.301. The summed E-state index contributed by atoms with van der Waals surface area (Å²) in [7, 11) is -2.46. The van der Waals surface area contributed by atoms with E-state index in [1.54, 1.807) is 6.92 Å². The van der Waals surface area contributed by atoms with Crippen LogP contribution >= 0.6 is 0 Å². The molecular weight excluding hydrogens is 259 g/mol. The normalized spacial score (nSPS) is 13.6. The zero-order chi connectivity index (χ0) is 13.9. The lowest BCUT2D eigenvalue weighted by Gasteiger charge is -2.13. The Hall–Kier alpha value is -1.18. The third-order valence-corrected chi connectivity index (χ3v) is 3.92. The summed E-state index contributed by atoms with van der Waals surface area (Å²) < 4.78 is 44.8. The van der Waals surface area contributed by atoms with Gasteiger partial charge in [-0.25, -0.2) is 17.5 Å². The van der Waals surface area contributed by atoms with Gasteiger partial charge in [0.25, 0.3) is 0 Å². The molecule has 1 aromatic rings. The molecule has 0 heterocycles. The van der Waals surface area contributed by atoms with Crippen LogP contribution in [0.3, 0.4) is 0 Å². The van der Waals surface area contributed by atoms with Gasteiger partial charge in [0.1, 0.15) is 10.7 Å². The molecule has 102 valence electrons.